The first-order valence-electron chi connectivity index (χ1n) is 9.19. The molecule has 0 bridgehead atoms. The summed E-state index contributed by atoms with van der Waals surface area (Å²) in [6, 6.07) is 3.20. The smallest absolute Gasteiger partial charge is 0.171 e. The zero-order chi connectivity index (χ0) is 18.2. The Morgan fingerprint density at radius 1 is 1.15 bits per heavy atom. The van der Waals surface area contributed by atoms with E-state index >= 15 is 0 Å². The highest BCUT2D eigenvalue weighted by Crippen LogP contribution is 2.31. The Hall–Kier alpha value is -2.80. The minimum absolute atomic E-state index is 0.178. The van der Waals surface area contributed by atoms with E-state index in [0.717, 1.165) is 46.8 Å². The van der Waals surface area contributed by atoms with Crippen LogP contribution in [0.3, 0.4) is 0 Å². The largest absolute Gasteiger partial charge is 0.493 e. The monoisotopic (exact) mass is 366 g/mol. The molecule has 0 atom stereocenters. The second kappa shape index (κ2) is 6.74. The molecular weight excluding hydrogens is 347 g/mol. The number of rotatable bonds is 4. The van der Waals surface area contributed by atoms with Gasteiger partial charge in [-0.2, -0.15) is 0 Å². The summed E-state index contributed by atoms with van der Waals surface area (Å²) < 4.78 is 27.2. The van der Waals surface area contributed by atoms with E-state index in [4.69, 9.17) is 9.47 Å². The van der Waals surface area contributed by atoms with Crippen LogP contribution in [-0.4, -0.2) is 39.4 Å². The summed E-state index contributed by atoms with van der Waals surface area (Å²) in [6.07, 6.45) is 8.36. The molecule has 2 aliphatic heterocycles. The van der Waals surface area contributed by atoms with Crippen molar-refractivity contribution < 1.29 is 13.9 Å². The maximum Gasteiger partial charge on any atom is 0.171 e. The fraction of sp³-hybridized carbons (Fsp3) is 0.350. The van der Waals surface area contributed by atoms with Crippen LogP contribution in [0.1, 0.15) is 28.9 Å². The summed E-state index contributed by atoms with van der Waals surface area (Å²) >= 11 is 0. The number of aryl methyl sites for hydroxylation is 1. The molecule has 27 heavy (non-hydrogen) atoms. The molecule has 5 rings (SSSR count). The maximum atomic E-state index is 14.4. The molecule has 2 aliphatic rings. The molecule has 0 amide bonds. The van der Waals surface area contributed by atoms with Crippen LogP contribution in [0.4, 0.5) is 4.39 Å². The molecule has 0 spiro atoms. The van der Waals surface area contributed by atoms with Crippen LogP contribution in [0.25, 0.3) is 11.2 Å². The van der Waals surface area contributed by atoms with E-state index in [0.29, 0.717) is 32.7 Å². The molecule has 0 aliphatic carbocycles. The van der Waals surface area contributed by atoms with Gasteiger partial charge in [0.05, 0.1) is 19.8 Å². The summed E-state index contributed by atoms with van der Waals surface area (Å²) in [5.41, 5.74) is 4.67. The van der Waals surface area contributed by atoms with Crippen molar-refractivity contribution in [2.24, 2.45) is 0 Å². The van der Waals surface area contributed by atoms with Crippen molar-refractivity contribution in [2.75, 3.05) is 19.8 Å². The normalized spacial score (nSPS) is 16.3. The van der Waals surface area contributed by atoms with Gasteiger partial charge in [0.1, 0.15) is 23.7 Å². The Morgan fingerprint density at radius 3 is 3.00 bits per heavy atom. The van der Waals surface area contributed by atoms with Gasteiger partial charge in [0.15, 0.2) is 5.65 Å². The lowest BCUT2D eigenvalue weighted by Gasteiger charge is -2.15. The summed E-state index contributed by atoms with van der Waals surface area (Å²) in [5.74, 6) is 1.45. The molecule has 3 aromatic rings. The van der Waals surface area contributed by atoms with Gasteiger partial charge in [-0.1, -0.05) is 6.08 Å². The van der Waals surface area contributed by atoms with E-state index in [1.54, 1.807) is 12.4 Å². The van der Waals surface area contributed by atoms with Crippen molar-refractivity contribution in [3.8, 4) is 5.75 Å². The number of benzene rings is 1. The molecule has 0 fully saturated rings. The van der Waals surface area contributed by atoms with E-state index in [1.807, 2.05) is 10.6 Å². The first-order valence-corrected chi connectivity index (χ1v) is 9.19. The van der Waals surface area contributed by atoms with Crippen LogP contribution < -0.4 is 4.74 Å². The van der Waals surface area contributed by atoms with Crippen LogP contribution in [0.5, 0.6) is 5.75 Å². The zero-order valence-electron chi connectivity index (χ0n) is 14.8. The topological polar surface area (TPSA) is 61.5 Å². The lowest BCUT2D eigenvalue weighted by molar-refractivity contribution is 0.161. The molecule has 0 unspecified atom stereocenters. The molecule has 6 nitrogen and oxygen atoms in total. The van der Waals surface area contributed by atoms with Crippen molar-refractivity contribution in [3.63, 3.8) is 0 Å². The molecule has 4 heterocycles. The molecule has 0 saturated heterocycles. The van der Waals surface area contributed by atoms with Crippen LogP contribution in [0.2, 0.25) is 0 Å². The molecule has 0 radical (unpaired) electrons. The van der Waals surface area contributed by atoms with Crippen LogP contribution in [0, 0.1) is 5.82 Å². The van der Waals surface area contributed by atoms with E-state index in [-0.39, 0.29) is 5.82 Å². The Balaban J connectivity index is 1.46. The number of nitrogens with zero attached hydrogens (tertiary/aromatic N) is 4. The minimum atomic E-state index is -0.178. The average molecular weight is 366 g/mol. The van der Waals surface area contributed by atoms with E-state index in [1.165, 1.54) is 11.6 Å². The van der Waals surface area contributed by atoms with Crippen molar-refractivity contribution in [2.45, 2.75) is 25.7 Å². The standard InChI is InChI=1S/C20H19FN4O2/c21-17-2-3-18-15(7-10-27-18)14(17)1-4-19-22-11-16(13-5-8-26-9-6-13)20-24-23-12-25(19)20/h2-3,5,11-12H,1,4,6-10H2. The number of hydrogen-bond donors (Lipinski definition) is 0. The summed E-state index contributed by atoms with van der Waals surface area (Å²) in [4.78, 5) is 4.64. The third kappa shape index (κ3) is 2.88. The summed E-state index contributed by atoms with van der Waals surface area (Å²) in [5, 5.41) is 8.35. The zero-order valence-corrected chi connectivity index (χ0v) is 14.8. The van der Waals surface area contributed by atoms with Gasteiger partial charge in [0, 0.05) is 30.2 Å². The maximum absolute atomic E-state index is 14.4. The predicted molar refractivity (Wildman–Crippen MR) is 97.2 cm³/mol. The Morgan fingerprint density at radius 2 is 2.11 bits per heavy atom. The van der Waals surface area contributed by atoms with Gasteiger partial charge in [-0.15, -0.1) is 10.2 Å². The van der Waals surface area contributed by atoms with E-state index < -0.39 is 0 Å². The van der Waals surface area contributed by atoms with Crippen molar-refractivity contribution >= 4 is 11.2 Å². The third-order valence-electron chi connectivity index (χ3n) is 5.26. The number of halogens is 1. The van der Waals surface area contributed by atoms with Gasteiger partial charge in [-0.3, -0.25) is 4.40 Å². The van der Waals surface area contributed by atoms with Crippen LogP contribution >= 0.6 is 0 Å². The minimum Gasteiger partial charge on any atom is -0.493 e. The first kappa shape index (κ1) is 16.4. The Kier molecular flexibility index (Phi) is 4.09. The first-order chi connectivity index (χ1) is 13.3. The quantitative estimate of drug-likeness (QED) is 0.711. The lowest BCUT2D eigenvalue weighted by atomic mass is 9.99. The number of fused-ring (bicyclic) bond motifs is 2. The fourth-order valence-corrected chi connectivity index (χ4v) is 3.87. The molecule has 1 aromatic carbocycles. The Labute approximate surface area is 155 Å². The number of ether oxygens (including phenoxy) is 2. The average Bonchev–Trinajstić information content (AvgIpc) is 3.37. The Bertz CT molecular complexity index is 1040. The van der Waals surface area contributed by atoms with Gasteiger partial charge in [-0.25, -0.2) is 9.37 Å². The summed E-state index contributed by atoms with van der Waals surface area (Å²) in [7, 11) is 0. The van der Waals surface area contributed by atoms with Crippen molar-refractivity contribution in [1.29, 1.82) is 0 Å². The van der Waals surface area contributed by atoms with Crippen molar-refractivity contribution in [1.82, 2.24) is 19.6 Å². The molecular formula is C20H19FN4O2. The molecule has 0 saturated carbocycles. The third-order valence-corrected chi connectivity index (χ3v) is 5.26. The van der Waals surface area contributed by atoms with Crippen molar-refractivity contribution in [3.05, 3.63) is 59.1 Å². The molecule has 7 heteroatoms. The molecule has 138 valence electrons. The second-order valence-electron chi connectivity index (χ2n) is 6.77. The highest BCUT2D eigenvalue weighted by Gasteiger charge is 2.20. The molecule has 0 N–H and O–H groups in total. The fourth-order valence-electron chi connectivity index (χ4n) is 3.87. The highest BCUT2D eigenvalue weighted by molar-refractivity contribution is 5.75. The lowest BCUT2D eigenvalue weighted by Crippen LogP contribution is -2.09. The summed E-state index contributed by atoms with van der Waals surface area (Å²) in [6.45, 7) is 1.93. The van der Waals surface area contributed by atoms with Gasteiger partial charge in [0.2, 0.25) is 0 Å². The van der Waals surface area contributed by atoms with Gasteiger partial charge >= 0.3 is 0 Å². The van der Waals surface area contributed by atoms with Gasteiger partial charge < -0.3 is 9.47 Å². The number of aromatic nitrogens is 4. The number of hydrogen-bond acceptors (Lipinski definition) is 5. The van der Waals surface area contributed by atoms with Crippen LogP contribution in [0.15, 0.2) is 30.7 Å². The van der Waals surface area contributed by atoms with Gasteiger partial charge in [-0.05, 0) is 36.1 Å². The SMILES string of the molecule is Fc1ccc2c(c1CCc1ncc(C3=CCOCC3)c3nncn13)CCO2. The van der Waals surface area contributed by atoms with E-state index in [9.17, 15) is 4.39 Å². The van der Waals surface area contributed by atoms with E-state index in [2.05, 4.69) is 21.3 Å². The van der Waals surface area contributed by atoms with Gasteiger partial charge in [0.25, 0.3) is 0 Å². The highest BCUT2D eigenvalue weighted by atomic mass is 19.1. The van der Waals surface area contributed by atoms with Crippen LogP contribution in [-0.2, 0) is 24.0 Å². The second-order valence-corrected chi connectivity index (χ2v) is 6.77. The predicted octanol–water partition coefficient (Wildman–Crippen LogP) is 2.79. The molecule has 2 aromatic heterocycles.